The second-order valence-electron chi connectivity index (χ2n) is 10.6. The maximum atomic E-state index is 13.7. The summed E-state index contributed by atoms with van der Waals surface area (Å²) in [6.45, 7) is 5.25. The Labute approximate surface area is 220 Å². The minimum absolute atomic E-state index is 0.105. The molecule has 0 aliphatic heterocycles. The van der Waals surface area contributed by atoms with Gasteiger partial charge in [0.2, 0.25) is 5.76 Å². The van der Waals surface area contributed by atoms with E-state index in [1.807, 2.05) is 6.92 Å². The highest BCUT2D eigenvalue weighted by molar-refractivity contribution is 6.29. The summed E-state index contributed by atoms with van der Waals surface area (Å²) in [6.07, 6.45) is 3.33. The quantitative estimate of drug-likeness (QED) is 0.446. The second kappa shape index (κ2) is 8.06. The highest BCUT2D eigenvalue weighted by Crippen LogP contribution is 2.72. The normalized spacial score (nSPS) is 47.9. The van der Waals surface area contributed by atoms with E-state index in [2.05, 4.69) is 0 Å². The highest BCUT2D eigenvalue weighted by atomic mass is 35.5. The van der Waals surface area contributed by atoms with Crippen LogP contribution in [0.15, 0.2) is 46.5 Å². The van der Waals surface area contributed by atoms with Crippen LogP contribution < -0.4 is 0 Å². The number of Topliss-reactive ketones (excluding diaryl/α,β-unsaturated/α-hetero) is 1. The number of aliphatic hydroxyl groups is 1. The Bertz CT molecular complexity index is 1360. The largest absolute Gasteiger partial charge is 0.457 e. The molecule has 35 heavy (non-hydrogen) atoms. The number of furan rings is 1. The molecule has 0 bridgehead atoms. The van der Waals surface area contributed by atoms with Crippen molar-refractivity contribution in [3.05, 3.63) is 47.9 Å². The van der Waals surface area contributed by atoms with E-state index in [0.29, 0.717) is 6.42 Å². The second-order valence-corrected chi connectivity index (χ2v) is 11.5. The molecular formula is C27H30Cl2O6. The van der Waals surface area contributed by atoms with Gasteiger partial charge in [0.15, 0.2) is 17.2 Å². The number of hydrogen-bond donors (Lipinski definition) is 1. The van der Waals surface area contributed by atoms with Gasteiger partial charge in [0, 0.05) is 18.1 Å². The lowest BCUT2D eigenvalue weighted by atomic mass is 9.45. The Kier molecular flexibility index (Phi) is 4.65. The van der Waals surface area contributed by atoms with Crippen LogP contribution in [-0.2, 0) is 14.3 Å². The van der Waals surface area contributed by atoms with Gasteiger partial charge in [-0.3, -0.25) is 9.59 Å². The van der Waals surface area contributed by atoms with Crippen molar-refractivity contribution in [1.29, 1.82) is 0 Å². The van der Waals surface area contributed by atoms with Gasteiger partial charge < -0.3 is 14.3 Å². The van der Waals surface area contributed by atoms with Gasteiger partial charge in [0.05, 0.1) is 25.8 Å². The number of carbonyl (C=O) groups excluding carboxylic acids is 3. The molecule has 0 spiro atoms. The summed E-state index contributed by atoms with van der Waals surface area (Å²) in [5.74, 6) is -5.95. The number of aliphatic hydroxyl groups excluding tert-OH is 1. The van der Waals surface area contributed by atoms with Crippen molar-refractivity contribution in [3.8, 4) is 0 Å². The monoisotopic (exact) mass is 524 g/mol. The van der Waals surface area contributed by atoms with E-state index in [0.717, 1.165) is 5.57 Å². The zero-order valence-electron chi connectivity index (χ0n) is 23.7. The van der Waals surface area contributed by atoms with E-state index in [9.17, 15) is 20.9 Å². The zero-order valence-corrected chi connectivity index (χ0v) is 21.3. The molecule has 188 valence electrons. The number of carbonyl (C=O) groups is 3. The zero-order chi connectivity index (χ0) is 28.9. The van der Waals surface area contributed by atoms with Gasteiger partial charge in [-0.25, -0.2) is 4.79 Å². The van der Waals surface area contributed by atoms with E-state index in [1.165, 1.54) is 12.2 Å². The lowest BCUT2D eigenvalue weighted by Crippen LogP contribution is -2.69. The number of ketones is 2. The number of fused-ring (bicyclic) bond motifs is 5. The van der Waals surface area contributed by atoms with Crippen LogP contribution in [0.1, 0.15) is 62.5 Å². The van der Waals surface area contributed by atoms with Crippen molar-refractivity contribution in [2.24, 2.45) is 28.6 Å². The van der Waals surface area contributed by atoms with Gasteiger partial charge in [0.1, 0.15) is 1.37 Å². The summed E-state index contributed by atoms with van der Waals surface area (Å²) < 4.78 is 44.3. The SMILES string of the molecule is [2H]c1oc(C(=O)O[C@]2(C(=O)CCl)[C@H](C)CC3[C@]4([2H])CCC5=CC(=O)C=C[C@]5(C)[C@@]4(Cl)[C@@H](O)C[C@@]32C)c([2H])c1[2H]. The number of esters is 1. The first kappa shape index (κ1) is 20.2. The van der Waals surface area contributed by atoms with Gasteiger partial charge in [0.25, 0.3) is 0 Å². The number of rotatable bonds is 4. The third kappa shape index (κ3) is 3.02. The Morgan fingerprint density at radius 2 is 2.14 bits per heavy atom. The maximum Gasteiger partial charge on any atom is 0.375 e. The van der Waals surface area contributed by atoms with Crippen molar-refractivity contribution in [3.63, 3.8) is 0 Å². The predicted octanol–water partition coefficient (Wildman–Crippen LogP) is 4.87. The molecule has 6 nitrogen and oxygen atoms in total. The molecule has 8 atom stereocenters. The minimum atomic E-state index is -1.90. The number of allylic oxidation sites excluding steroid dienone is 4. The van der Waals surface area contributed by atoms with Crippen LogP contribution in [0.5, 0.6) is 0 Å². The van der Waals surface area contributed by atoms with Crippen LogP contribution in [-0.4, -0.2) is 45.1 Å². The first-order valence-electron chi connectivity index (χ1n) is 13.8. The van der Waals surface area contributed by atoms with Crippen LogP contribution in [0.25, 0.3) is 0 Å². The first-order chi connectivity index (χ1) is 18.0. The summed E-state index contributed by atoms with van der Waals surface area (Å²) in [4.78, 5) is 37.7. The fourth-order valence-electron chi connectivity index (χ4n) is 7.59. The topological polar surface area (TPSA) is 93.8 Å². The number of alkyl halides is 2. The van der Waals surface area contributed by atoms with Crippen LogP contribution in [0.3, 0.4) is 0 Å². The molecular weight excluding hydrogens is 491 g/mol. The van der Waals surface area contributed by atoms with E-state index in [4.69, 9.17) is 36.5 Å². The van der Waals surface area contributed by atoms with Crippen molar-refractivity contribution in [1.82, 2.24) is 0 Å². The molecule has 1 aromatic heterocycles. The van der Waals surface area contributed by atoms with Crippen molar-refractivity contribution in [2.75, 3.05) is 5.88 Å². The predicted molar refractivity (Wildman–Crippen MR) is 130 cm³/mol. The number of ether oxygens (including phenoxy) is 1. The Morgan fingerprint density at radius 1 is 1.40 bits per heavy atom. The molecule has 4 aliphatic carbocycles. The van der Waals surface area contributed by atoms with Gasteiger partial charge >= 0.3 is 5.97 Å². The third-order valence-electron chi connectivity index (χ3n) is 9.20. The van der Waals surface area contributed by atoms with E-state index in [-0.39, 0.29) is 25.0 Å². The summed E-state index contributed by atoms with van der Waals surface area (Å²) in [6, 6.07) is -1.23. The lowest BCUT2D eigenvalue weighted by molar-refractivity contribution is -0.177. The van der Waals surface area contributed by atoms with Crippen LogP contribution in [0.4, 0.5) is 0 Å². The summed E-state index contributed by atoms with van der Waals surface area (Å²) in [7, 11) is 0. The maximum absolute atomic E-state index is 13.7. The molecule has 1 unspecified atom stereocenters. The molecule has 1 N–H and O–H groups in total. The Balaban J connectivity index is 1.65. The molecule has 3 fully saturated rings. The molecule has 0 saturated heterocycles. The smallest absolute Gasteiger partial charge is 0.375 e. The molecule has 0 amide bonds. The molecule has 1 aromatic rings. The molecule has 4 aliphatic rings. The molecule has 0 aromatic carbocycles. The number of halogens is 2. The lowest BCUT2D eigenvalue weighted by Gasteiger charge is -2.64. The summed E-state index contributed by atoms with van der Waals surface area (Å²) in [5, 5.41) is 11.8. The molecule has 3 saturated carbocycles. The van der Waals surface area contributed by atoms with Crippen LogP contribution in [0, 0.1) is 28.6 Å². The van der Waals surface area contributed by atoms with Crippen molar-refractivity contribution < 1.29 is 34.1 Å². The molecule has 0 radical (unpaired) electrons. The number of hydrogen-bond acceptors (Lipinski definition) is 6. The van der Waals surface area contributed by atoms with Crippen molar-refractivity contribution >= 4 is 40.7 Å². The van der Waals surface area contributed by atoms with Crippen LogP contribution >= 0.6 is 23.2 Å². The van der Waals surface area contributed by atoms with Crippen LogP contribution in [0.2, 0.25) is 0 Å². The Morgan fingerprint density at radius 3 is 2.80 bits per heavy atom. The molecule has 5 rings (SSSR count). The van der Waals surface area contributed by atoms with Crippen molar-refractivity contribution in [2.45, 2.75) is 63.0 Å². The highest BCUT2D eigenvalue weighted by Gasteiger charge is 2.76. The van der Waals surface area contributed by atoms with Gasteiger partial charge in [-0.2, -0.15) is 0 Å². The minimum Gasteiger partial charge on any atom is -0.457 e. The first-order valence-corrected chi connectivity index (χ1v) is 12.7. The fraction of sp³-hybridized carbons (Fsp3) is 0.593. The molecule has 1 heterocycles. The summed E-state index contributed by atoms with van der Waals surface area (Å²) in [5.41, 5.74) is -3.45. The van der Waals surface area contributed by atoms with E-state index >= 15 is 0 Å². The Hall–Kier alpha value is -1.89. The standard InChI is InChI=1S/C27H30Cl2O6/c1-15-11-19-18-7-6-16-12-17(30)8-9-24(16,2)26(18,29)21(31)13-25(19,3)27(15,22(32)14-28)35-23(33)20-5-4-10-34-20/h4-5,8-10,12,15,18-19,21,31H,6-7,11,13-14H2,1-3H3/t15-,18+,19?,21+,24+,25+,26+,27+/m1/s1/i4D,5D,10D,18D. The van der Waals surface area contributed by atoms with Gasteiger partial charge in [-0.15, -0.1) is 23.2 Å². The summed E-state index contributed by atoms with van der Waals surface area (Å²) >= 11 is 13.5. The van der Waals surface area contributed by atoms with E-state index in [1.54, 1.807) is 19.9 Å². The fourth-order valence-corrected chi connectivity index (χ4v) is 8.27. The average Bonchev–Trinajstić information content (AvgIpc) is 3.27. The van der Waals surface area contributed by atoms with Gasteiger partial charge in [-0.05, 0) is 61.7 Å². The molecule has 8 heteroatoms. The average molecular weight is 525 g/mol. The van der Waals surface area contributed by atoms with E-state index < -0.39 is 86.9 Å². The third-order valence-corrected chi connectivity index (χ3v) is 10.3. The van der Waals surface area contributed by atoms with Gasteiger partial charge in [-0.1, -0.05) is 32.4 Å².